The Labute approximate surface area is 117 Å². The van der Waals surface area contributed by atoms with Gasteiger partial charge in [0.15, 0.2) is 0 Å². The van der Waals surface area contributed by atoms with E-state index in [0.717, 1.165) is 6.61 Å². The normalized spacial score (nSPS) is 13.0. The molecule has 1 unspecified atom stereocenters. The van der Waals surface area contributed by atoms with E-state index in [2.05, 4.69) is 19.2 Å². The minimum absolute atomic E-state index is 0.204. The van der Waals surface area contributed by atoms with Gasteiger partial charge in [-0.15, -0.1) is 0 Å². The molecule has 0 saturated carbocycles. The van der Waals surface area contributed by atoms with Crippen molar-refractivity contribution in [2.24, 2.45) is 5.92 Å². The van der Waals surface area contributed by atoms with Gasteiger partial charge in [0.1, 0.15) is 6.04 Å². The summed E-state index contributed by atoms with van der Waals surface area (Å²) >= 11 is 0. The molecule has 5 nitrogen and oxygen atoms in total. The molecule has 0 aromatic rings. The molecular formula is C14H29NO4. The Morgan fingerprint density at radius 1 is 1.05 bits per heavy atom. The molecule has 0 aromatic heterocycles. The van der Waals surface area contributed by atoms with Crippen LogP contribution in [0.15, 0.2) is 0 Å². The first kappa shape index (κ1) is 18.4. The first-order chi connectivity index (χ1) is 8.97. The number of hydrogen-bond acceptors (Lipinski definition) is 5. The van der Waals surface area contributed by atoms with Crippen LogP contribution >= 0.6 is 0 Å². The van der Waals surface area contributed by atoms with Gasteiger partial charge in [-0.25, -0.2) is 0 Å². The van der Waals surface area contributed by atoms with Gasteiger partial charge >= 0.3 is 5.97 Å². The number of carbonyl (C=O) groups is 1. The van der Waals surface area contributed by atoms with Crippen molar-refractivity contribution in [1.29, 1.82) is 0 Å². The third kappa shape index (κ3) is 10.9. The fraction of sp³-hybridized carbons (Fsp3) is 0.929. The number of ether oxygens (including phenoxy) is 3. The molecule has 1 atom stereocenters. The zero-order chi connectivity index (χ0) is 14.7. The van der Waals surface area contributed by atoms with Crippen LogP contribution in [0.1, 0.15) is 34.6 Å². The van der Waals surface area contributed by atoms with Gasteiger partial charge in [0, 0.05) is 12.6 Å². The molecule has 0 aromatic carbocycles. The summed E-state index contributed by atoms with van der Waals surface area (Å²) in [6, 6.07) is -0.208. The van der Waals surface area contributed by atoms with Crippen molar-refractivity contribution >= 4 is 5.97 Å². The van der Waals surface area contributed by atoms with Crippen molar-refractivity contribution in [1.82, 2.24) is 5.32 Å². The van der Waals surface area contributed by atoms with Gasteiger partial charge in [-0.2, -0.15) is 0 Å². The van der Waals surface area contributed by atoms with Gasteiger partial charge < -0.3 is 19.5 Å². The van der Waals surface area contributed by atoms with Crippen molar-refractivity contribution in [3.8, 4) is 0 Å². The van der Waals surface area contributed by atoms with Crippen molar-refractivity contribution in [3.05, 3.63) is 0 Å². The van der Waals surface area contributed by atoms with Gasteiger partial charge in [-0.1, -0.05) is 27.7 Å². The van der Waals surface area contributed by atoms with Crippen molar-refractivity contribution in [2.45, 2.75) is 46.7 Å². The van der Waals surface area contributed by atoms with Crippen molar-refractivity contribution in [2.75, 3.05) is 33.0 Å². The third-order valence-electron chi connectivity index (χ3n) is 2.21. The summed E-state index contributed by atoms with van der Waals surface area (Å²) in [7, 11) is 0. The second-order valence-electron chi connectivity index (χ2n) is 5.17. The molecule has 0 radical (unpaired) electrons. The average molecular weight is 275 g/mol. The van der Waals surface area contributed by atoms with E-state index < -0.39 is 6.04 Å². The fourth-order valence-corrected chi connectivity index (χ4v) is 1.47. The number of carbonyl (C=O) groups excluding carboxylic acids is 1. The van der Waals surface area contributed by atoms with E-state index in [1.54, 1.807) is 6.92 Å². The van der Waals surface area contributed by atoms with Crippen LogP contribution in [0.2, 0.25) is 0 Å². The smallest absolute Gasteiger partial charge is 0.325 e. The molecule has 0 saturated heterocycles. The van der Waals surface area contributed by atoms with E-state index in [0.29, 0.717) is 32.3 Å². The van der Waals surface area contributed by atoms with Crippen LogP contribution in [0.5, 0.6) is 0 Å². The summed E-state index contributed by atoms with van der Waals surface area (Å²) in [5.41, 5.74) is 0. The Morgan fingerprint density at radius 3 is 2.11 bits per heavy atom. The molecule has 5 heteroatoms. The molecule has 0 bridgehead atoms. The van der Waals surface area contributed by atoms with Crippen molar-refractivity contribution in [3.63, 3.8) is 0 Å². The van der Waals surface area contributed by atoms with Crippen molar-refractivity contribution < 1.29 is 19.0 Å². The fourth-order valence-electron chi connectivity index (χ4n) is 1.47. The lowest BCUT2D eigenvalue weighted by Crippen LogP contribution is -2.45. The molecule has 0 aliphatic heterocycles. The summed E-state index contributed by atoms with van der Waals surface area (Å²) in [6.07, 6.45) is 0. The predicted octanol–water partition coefficient (Wildman–Crippen LogP) is 1.61. The van der Waals surface area contributed by atoms with E-state index in [1.165, 1.54) is 0 Å². The highest BCUT2D eigenvalue weighted by Gasteiger charge is 2.20. The predicted molar refractivity (Wildman–Crippen MR) is 75.2 cm³/mol. The van der Waals surface area contributed by atoms with Gasteiger partial charge in [0.2, 0.25) is 0 Å². The highest BCUT2D eigenvalue weighted by atomic mass is 16.5. The maximum atomic E-state index is 11.7. The molecule has 1 N–H and O–H groups in total. The van der Waals surface area contributed by atoms with Gasteiger partial charge in [-0.05, 0) is 12.8 Å². The highest BCUT2D eigenvalue weighted by molar-refractivity contribution is 5.75. The molecule has 0 rings (SSSR count). The Morgan fingerprint density at radius 2 is 1.63 bits per heavy atom. The maximum Gasteiger partial charge on any atom is 0.325 e. The molecule has 0 heterocycles. The molecule has 114 valence electrons. The monoisotopic (exact) mass is 275 g/mol. The van der Waals surface area contributed by atoms with Crippen LogP contribution in [0.25, 0.3) is 0 Å². The molecule has 0 aliphatic rings. The van der Waals surface area contributed by atoms with Gasteiger partial charge in [-0.3, -0.25) is 4.79 Å². The Bertz CT molecular complexity index is 231. The number of rotatable bonds is 11. The van der Waals surface area contributed by atoms with Gasteiger partial charge in [0.05, 0.1) is 26.4 Å². The van der Waals surface area contributed by atoms with E-state index in [-0.39, 0.29) is 12.0 Å². The van der Waals surface area contributed by atoms with Crippen LogP contribution in [0.3, 0.4) is 0 Å². The summed E-state index contributed by atoms with van der Waals surface area (Å²) in [5.74, 6) is 0.259. The molecule has 0 spiro atoms. The highest BCUT2D eigenvalue weighted by Crippen LogP contribution is 1.96. The molecular weight excluding hydrogens is 246 g/mol. The lowest BCUT2D eigenvalue weighted by atomic mass is 10.2. The third-order valence-corrected chi connectivity index (χ3v) is 2.21. The standard InChI is InChI=1S/C14H29NO4/c1-6-19-14(16)13(15-12(4)5)10-18-8-7-17-9-11(2)3/h11-13,15H,6-10H2,1-5H3. The topological polar surface area (TPSA) is 56.8 Å². The van der Waals surface area contributed by atoms with Gasteiger partial charge in [0.25, 0.3) is 0 Å². The Kier molecular flexibility index (Phi) is 10.8. The summed E-state index contributed by atoms with van der Waals surface area (Å²) in [5, 5.41) is 3.13. The second kappa shape index (κ2) is 11.2. The SMILES string of the molecule is CCOC(=O)C(COCCOCC(C)C)NC(C)C. The van der Waals surface area contributed by atoms with E-state index in [1.807, 2.05) is 13.8 Å². The minimum Gasteiger partial charge on any atom is -0.465 e. The number of nitrogens with one attached hydrogen (secondary N) is 1. The zero-order valence-corrected chi connectivity index (χ0v) is 12.9. The minimum atomic E-state index is -0.412. The van der Waals surface area contributed by atoms with Crippen LogP contribution in [-0.2, 0) is 19.0 Å². The van der Waals surface area contributed by atoms with E-state index in [4.69, 9.17) is 14.2 Å². The molecule has 19 heavy (non-hydrogen) atoms. The van der Waals surface area contributed by atoms with Crippen LogP contribution < -0.4 is 5.32 Å². The molecule has 0 amide bonds. The van der Waals surface area contributed by atoms with Crippen LogP contribution in [0.4, 0.5) is 0 Å². The average Bonchev–Trinajstić information content (AvgIpc) is 2.31. The number of hydrogen-bond donors (Lipinski definition) is 1. The lowest BCUT2D eigenvalue weighted by molar-refractivity contribution is -0.147. The first-order valence-electron chi connectivity index (χ1n) is 7.05. The zero-order valence-electron chi connectivity index (χ0n) is 12.9. The second-order valence-corrected chi connectivity index (χ2v) is 5.17. The summed E-state index contributed by atoms with van der Waals surface area (Å²) in [4.78, 5) is 11.7. The lowest BCUT2D eigenvalue weighted by Gasteiger charge is -2.19. The summed E-state index contributed by atoms with van der Waals surface area (Å²) < 4.78 is 15.9. The number of esters is 1. The van der Waals surface area contributed by atoms with E-state index in [9.17, 15) is 4.79 Å². The largest absolute Gasteiger partial charge is 0.465 e. The Hall–Kier alpha value is -0.650. The molecule has 0 fully saturated rings. The molecule has 0 aliphatic carbocycles. The first-order valence-corrected chi connectivity index (χ1v) is 7.05. The van der Waals surface area contributed by atoms with Crippen LogP contribution in [0, 0.1) is 5.92 Å². The maximum absolute atomic E-state index is 11.7. The summed E-state index contributed by atoms with van der Waals surface area (Å²) in [6.45, 7) is 12.4. The Balaban J connectivity index is 3.83. The quantitative estimate of drug-likeness (QED) is 0.458. The van der Waals surface area contributed by atoms with Crippen LogP contribution in [-0.4, -0.2) is 51.1 Å². The van der Waals surface area contributed by atoms with E-state index >= 15 is 0 Å².